The number of aliphatic hydroxyl groups is 1. The molecular weight excluding hydrogens is 290 g/mol. The summed E-state index contributed by atoms with van der Waals surface area (Å²) in [5.41, 5.74) is 0.921. The van der Waals surface area contributed by atoms with Crippen LogP contribution in [0.2, 0.25) is 5.02 Å². The van der Waals surface area contributed by atoms with Crippen molar-refractivity contribution >= 4 is 17.4 Å². The maximum absolute atomic E-state index is 8.78. The van der Waals surface area contributed by atoms with Gasteiger partial charge in [-0.15, -0.1) is 0 Å². The average molecular weight is 314 g/mol. The van der Waals surface area contributed by atoms with Gasteiger partial charge >= 0.3 is 0 Å². The lowest BCUT2D eigenvalue weighted by molar-refractivity contribution is -0.00917. The van der Waals surface area contributed by atoms with Crippen molar-refractivity contribution < 1.29 is 9.84 Å². The molecule has 0 atom stereocenters. The number of nitrogens with zero attached hydrogens (tertiary/aromatic N) is 2. The number of aromatic nitrogens is 1. The third kappa shape index (κ3) is 5.11. The Kier molecular flexibility index (Phi) is 6.70. The first-order chi connectivity index (χ1) is 10.2. The van der Waals surface area contributed by atoms with Crippen LogP contribution in [-0.4, -0.2) is 53.9 Å². The molecule has 0 amide bonds. The second kappa shape index (κ2) is 8.54. The van der Waals surface area contributed by atoms with Gasteiger partial charge in [-0.3, -0.25) is 4.90 Å². The Labute approximate surface area is 131 Å². The molecule has 0 bridgehead atoms. The van der Waals surface area contributed by atoms with Gasteiger partial charge in [-0.25, -0.2) is 4.98 Å². The Balaban J connectivity index is 1.86. The quantitative estimate of drug-likeness (QED) is 0.807. The number of hydrogen-bond acceptors (Lipinski definition) is 5. The van der Waals surface area contributed by atoms with Gasteiger partial charge in [0, 0.05) is 26.2 Å². The fourth-order valence-corrected chi connectivity index (χ4v) is 2.71. The van der Waals surface area contributed by atoms with Crippen molar-refractivity contribution in [2.24, 2.45) is 0 Å². The van der Waals surface area contributed by atoms with Crippen molar-refractivity contribution in [2.75, 3.05) is 38.2 Å². The number of likely N-dealkylation sites (tertiary alicyclic amines) is 1. The molecule has 2 heterocycles. The van der Waals surface area contributed by atoms with E-state index in [4.69, 9.17) is 21.4 Å². The topological polar surface area (TPSA) is 57.6 Å². The van der Waals surface area contributed by atoms with Crippen molar-refractivity contribution in [1.29, 1.82) is 0 Å². The van der Waals surface area contributed by atoms with Crippen LogP contribution in [0.1, 0.15) is 25.5 Å². The molecule has 0 unspecified atom stereocenters. The molecule has 0 radical (unpaired) electrons. The van der Waals surface area contributed by atoms with E-state index in [1.807, 2.05) is 19.1 Å². The molecule has 118 valence electrons. The highest BCUT2D eigenvalue weighted by atomic mass is 35.5. The zero-order valence-electron chi connectivity index (χ0n) is 12.5. The maximum Gasteiger partial charge on any atom is 0.126 e. The third-order valence-corrected chi connectivity index (χ3v) is 3.97. The standard InChI is InChI=1S/C15H24ClN3O2/c1-2-17-15-4-3-13(16)14(18-15)11-19-7-5-12(6-8-19)21-10-9-20/h3-4,12,20H,2,5-11H2,1H3,(H,17,18). The SMILES string of the molecule is CCNc1ccc(Cl)c(CN2CCC(OCCO)CC2)n1. The van der Waals surface area contributed by atoms with E-state index in [0.717, 1.165) is 55.6 Å². The van der Waals surface area contributed by atoms with Gasteiger partial charge in [-0.1, -0.05) is 11.6 Å². The Bertz CT molecular complexity index is 437. The summed E-state index contributed by atoms with van der Waals surface area (Å²) < 4.78 is 5.58. The van der Waals surface area contributed by atoms with Crippen molar-refractivity contribution in [1.82, 2.24) is 9.88 Å². The lowest BCUT2D eigenvalue weighted by Gasteiger charge is -2.31. The maximum atomic E-state index is 8.78. The van der Waals surface area contributed by atoms with Crippen LogP contribution in [0.15, 0.2) is 12.1 Å². The molecule has 1 aliphatic rings. The fraction of sp³-hybridized carbons (Fsp3) is 0.667. The predicted octanol–water partition coefficient (Wildman–Crippen LogP) is 2.14. The normalized spacial score (nSPS) is 17.1. The van der Waals surface area contributed by atoms with Gasteiger partial charge in [0.25, 0.3) is 0 Å². The Morgan fingerprint density at radius 1 is 1.43 bits per heavy atom. The van der Waals surface area contributed by atoms with E-state index < -0.39 is 0 Å². The van der Waals surface area contributed by atoms with Gasteiger partial charge < -0.3 is 15.2 Å². The predicted molar refractivity (Wildman–Crippen MR) is 84.7 cm³/mol. The highest BCUT2D eigenvalue weighted by Gasteiger charge is 2.20. The second-order valence-corrected chi connectivity index (χ2v) is 5.63. The minimum atomic E-state index is 0.0942. The van der Waals surface area contributed by atoms with E-state index in [1.165, 1.54) is 0 Å². The third-order valence-electron chi connectivity index (χ3n) is 3.63. The van der Waals surface area contributed by atoms with Crippen LogP contribution in [0.4, 0.5) is 5.82 Å². The van der Waals surface area contributed by atoms with Crippen LogP contribution < -0.4 is 5.32 Å². The highest BCUT2D eigenvalue weighted by Crippen LogP contribution is 2.21. The summed E-state index contributed by atoms with van der Waals surface area (Å²) >= 11 is 6.24. The van der Waals surface area contributed by atoms with E-state index in [2.05, 4.69) is 15.2 Å². The number of piperidine rings is 1. The molecule has 2 N–H and O–H groups in total. The van der Waals surface area contributed by atoms with Crippen LogP contribution in [-0.2, 0) is 11.3 Å². The largest absolute Gasteiger partial charge is 0.394 e. The number of halogens is 1. The van der Waals surface area contributed by atoms with Gasteiger partial charge in [-0.05, 0) is 31.9 Å². The van der Waals surface area contributed by atoms with Crippen LogP contribution in [0, 0.1) is 0 Å². The van der Waals surface area contributed by atoms with E-state index in [-0.39, 0.29) is 12.7 Å². The molecule has 21 heavy (non-hydrogen) atoms. The molecule has 1 saturated heterocycles. The smallest absolute Gasteiger partial charge is 0.126 e. The molecule has 5 nitrogen and oxygen atoms in total. The Morgan fingerprint density at radius 2 is 2.19 bits per heavy atom. The molecule has 6 heteroatoms. The molecule has 0 aromatic carbocycles. The Hall–Kier alpha value is -0.880. The fourth-order valence-electron chi connectivity index (χ4n) is 2.54. The lowest BCUT2D eigenvalue weighted by Crippen LogP contribution is -2.37. The van der Waals surface area contributed by atoms with Crippen LogP contribution in [0.3, 0.4) is 0 Å². The van der Waals surface area contributed by atoms with E-state index >= 15 is 0 Å². The average Bonchev–Trinajstić information content (AvgIpc) is 2.50. The number of ether oxygens (including phenoxy) is 1. The molecule has 0 saturated carbocycles. The first kappa shape index (κ1) is 16.5. The highest BCUT2D eigenvalue weighted by molar-refractivity contribution is 6.31. The van der Waals surface area contributed by atoms with Gasteiger partial charge in [-0.2, -0.15) is 0 Å². The summed E-state index contributed by atoms with van der Waals surface area (Å²) in [6.07, 6.45) is 2.25. The number of nitrogens with one attached hydrogen (secondary N) is 1. The molecule has 1 aromatic heterocycles. The van der Waals surface area contributed by atoms with Crippen molar-refractivity contribution in [3.05, 3.63) is 22.8 Å². The summed E-state index contributed by atoms with van der Waals surface area (Å²) in [6.45, 7) is 6.14. The summed E-state index contributed by atoms with van der Waals surface area (Å²) in [4.78, 5) is 6.93. The first-order valence-electron chi connectivity index (χ1n) is 7.57. The van der Waals surface area contributed by atoms with E-state index in [9.17, 15) is 0 Å². The van der Waals surface area contributed by atoms with Gasteiger partial charge in [0.05, 0.1) is 30.0 Å². The minimum absolute atomic E-state index is 0.0942. The van der Waals surface area contributed by atoms with E-state index in [1.54, 1.807) is 0 Å². The first-order valence-corrected chi connectivity index (χ1v) is 7.94. The second-order valence-electron chi connectivity index (χ2n) is 5.23. The lowest BCUT2D eigenvalue weighted by atomic mass is 10.1. The van der Waals surface area contributed by atoms with Crippen molar-refractivity contribution in [3.8, 4) is 0 Å². The monoisotopic (exact) mass is 313 g/mol. The molecule has 0 spiro atoms. The number of pyridine rings is 1. The van der Waals surface area contributed by atoms with Crippen LogP contribution >= 0.6 is 11.6 Å². The van der Waals surface area contributed by atoms with Gasteiger partial charge in [0.2, 0.25) is 0 Å². The summed E-state index contributed by atoms with van der Waals surface area (Å²) in [5, 5.41) is 12.7. The molecule has 1 aromatic rings. The van der Waals surface area contributed by atoms with Crippen molar-refractivity contribution in [3.63, 3.8) is 0 Å². The number of anilines is 1. The molecule has 1 fully saturated rings. The van der Waals surface area contributed by atoms with Crippen LogP contribution in [0.25, 0.3) is 0 Å². The summed E-state index contributed by atoms with van der Waals surface area (Å²) in [5.74, 6) is 0.873. The minimum Gasteiger partial charge on any atom is -0.394 e. The number of hydrogen-bond donors (Lipinski definition) is 2. The van der Waals surface area contributed by atoms with Gasteiger partial charge in [0.15, 0.2) is 0 Å². The number of aliphatic hydroxyl groups excluding tert-OH is 1. The zero-order chi connectivity index (χ0) is 15.1. The van der Waals surface area contributed by atoms with E-state index in [0.29, 0.717) is 6.61 Å². The van der Waals surface area contributed by atoms with Crippen molar-refractivity contribution in [2.45, 2.75) is 32.4 Å². The molecule has 0 aliphatic carbocycles. The summed E-state index contributed by atoms with van der Waals surface area (Å²) in [7, 11) is 0. The van der Waals surface area contributed by atoms with Crippen LogP contribution in [0.5, 0.6) is 0 Å². The zero-order valence-corrected chi connectivity index (χ0v) is 13.3. The van der Waals surface area contributed by atoms with Gasteiger partial charge in [0.1, 0.15) is 5.82 Å². The molecular formula is C15H24ClN3O2. The number of rotatable bonds is 7. The summed E-state index contributed by atoms with van der Waals surface area (Å²) in [6, 6.07) is 3.81. The molecule has 1 aliphatic heterocycles. The Morgan fingerprint density at radius 3 is 2.86 bits per heavy atom. The molecule has 2 rings (SSSR count).